The number of carboxylic acid groups (broad SMARTS) is 1. The molecular weight excluding hydrogens is 244 g/mol. The predicted octanol–water partition coefficient (Wildman–Crippen LogP) is 1.69. The average molecular weight is 254 g/mol. The Morgan fingerprint density at radius 2 is 2.41 bits per heavy atom. The molecule has 2 rings (SSSR count). The van der Waals surface area contributed by atoms with E-state index in [-0.39, 0.29) is 5.75 Å². The summed E-state index contributed by atoms with van der Waals surface area (Å²) in [6.07, 6.45) is 0.162. The van der Waals surface area contributed by atoms with Crippen LogP contribution in [0.1, 0.15) is 12.6 Å². The molecule has 0 spiro atoms. The molecule has 6 nitrogen and oxygen atoms in total. The number of aromatic nitrogens is 1. The van der Waals surface area contributed by atoms with Crippen molar-refractivity contribution in [2.75, 3.05) is 5.75 Å². The highest BCUT2D eigenvalue weighted by atomic mass is 32.2. The molecule has 0 radical (unpaired) electrons. The molecule has 1 atom stereocenters. The minimum absolute atomic E-state index is 0.0123. The van der Waals surface area contributed by atoms with Gasteiger partial charge in [0.15, 0.2) is 0 Å². The lowest BCUT2D eigenvalue weighted by Crippen LogP contribution is -2.29. The number of aromatic hydroxyl groups is 1. The number of carbonyl (C=O) groups is 1. The highest BCUT2D eigenvalue weighted by Gasteiger charge is 2.36. The van der Waals surface area contributed by atoms with E-state index in [9.17, 15) is 9.90 Å². The van der Waals surface area contributed by atoms with Crippen molar-refractivity contribution in [3.05, 3.63) is 24.0 Å². The Balaban J connectivity index is 2.28. The fourth-order valence-electron chi connectivity index (χ4n) is 1.40. The largest absolute Gasteiger partial charge is 0.507 e. The van der Waals surface area contributed by atoms with Crippen LogP contribution in [0.4, 0.5) is 4.79 Å². The molecule has 0 saturated heterocycles. The molecular formula is C10H10N2O4S. The Morgan fingerprint density at radius 1 is 1.65 bits per heavy atom. The van der Waals surface area contributed by atoms with Crippen molar-refractivity contribution >= 4 is 23.0 Å². The van der Waals surface area contributed by atoms with E-state index in [4.69, 9.17) is 5.11 Å². The molecule has 0 aromatic carbocycles. The molecule has 17 heavy (non-hydrogen) atoms. The molecule has 1 aliphatic rings. The zero-order chi connectivity index (χ0) is 12.5. The molecule has 1 aliphatic heterocycles. The van der Waals surface area contributed by atoms with Gasteiger partial charge in [0, 0.05) is 6.20 Å². The summed E-state index contributed by atoms with van der Waals surface area (Å²) >= 11 is 1.30. The molecule has 7 heteroatoms. The van der Waals surface area contributed by atoms with Crippen molar-refractivity contribution in [1.29, 1.82) is 0 Å². The van der Waals surface area contributed by atoms with E-state index in [0.29, 0.717) is 16.5 Å². The van der Waals surface area contributed by atoms with Gasteiger partial charge in [-0.15, -0.1) is 0 Å². The molecule has 2 heterocycles. The van der Waals surface area contributed by atoms with Crippen molar-refractivity contribution in [2.24, 2.45) is 4.99 Å². The van der Waals surface area contributed by atoms with Crippen LogP contribution in [0.5, 0.6) is 5.75 Å². The minimum Gasteiger partial charge on any atom is -0.506 e. The van der Waals surface area contributed by atoms with Gasteiger partial charge in [0.05, 0.1) is 5.75 Å². The minimum atomic E-state index is -1.37. The highest BCUT2D eigenvalue weighted by Crippen LogP contribution is 2.33. The highest BCUT2D eigenvalue weighted by molar-refractivity contribution is 8.14. The molecule has 90 valence electrons. The lowest BCUT2D eigenvalue weighted by molar-refractivity contribution is 0.0136. The number of hydrogen-bond acceptors (Lipinski definition) is 6. The molecule has 1 unspecified atom stereocenters. The van der Waals surface area contributed by atoms with Gasteiger partial charge in [0.25, 0.3) is 0 Å². The van der Waals surface area contributed by atoms with E-state index >= 15 is 0 Å². The Kier molecular flexibility index (Phi) is 2.93. The van der Waals surface area contributed by atoms with Crippen LogP contribution >= 0.6 is 11.8 Å². The van der Waals surface area contributed by atoms with Gasteiger partial charge in [-0.2, -0.15) is 0 Å². The second-order valence-corrected chi connectivity index (χ2v) is 4.58. The summed E-state index contributed by atoms with van der Waals surface area (Å²) in [5.74, 6) is 0.378. The van der Waals surface area contributed by atoms with Crippen LogP contribution in [-0.4, -0.2) is 37.9 Å². The van der Waals surface area contributed by atoms with Gasteiger partial charge in [0.2, 0.25) is 5.72 Å². The Bertz CT molecular complexity index is 491. The molecule has 0 fully saturated rings. The molecule has 0 bridgehead atoms. The fraction of sp³-hybridized carbons (Fsp3) is 0.300. The second kappa shape index (κ2) is 4.25. The summed E-state index contributed by atoms with van der Waals surface area (Å²) in [4.78, 5) is 18.7. The molecule has 2 N–H and O–H groups in total. The van der Waals surface area contributed by atoms with E-state index < -0.39 is 11.9 Å². The van der Waals surface area contributed by atoms with Gasteiger partial charge >= 0.3 is 6.16 Å². The van der Waals surface area contributed by atoms with Crippen molar-refractivity contribution in [3.63, 3.8) is 0 Å². The standard InChI is InChI=1S/C10H10N2O4S/c1-10(16-9(14)15)5-17-8(12-10)7-6(13)3-2-4-11-7/h2-4,13H,5H2,1H3,(H,14,15). The van der Waals surface area contributed by atoms with E-state index in [1.54, 1.807) is 13.0 Å². The zero-order valence-corrected chi connectivity index (χ0v) is 9.77. The number of hydrogen-bond donors (Lipinski definition) is 2. The van der Waals surface area contributed by atoms with E-state index in [0.717, 1.165) is 0 Å². The lowest BCUT2D eigenvalue weighted by Gasteiger charge is -2.17. The Morgan fingerprint density at radius 3 is 3.06 bits per heavy atom. The van der Waals surface area contributed by atoms with Gasteiger partial charge in [0.1, 0.15) is 16.5 Å². The Labute approximate surface area is 101 Å². The van der Waals surface area contributed by atoms with Gasteiger partial charge in [-0.05, 0) is 19.1 Å². The number of aliphatic imine (C=N–C) groups is 1. The molecule has 0 aliphatic carbocycles. The van der Waals surface area contributed by atoms with E-state index in [2.05, 4.69) is 14.7 Å². The number of rotatable bonds is 2. The van der Waals surface area contributed by atoms with Crippen molar-refractivity contribution in [1.82, 2.24) is 4.98 Å². The third-order valence-corrected chi connectivity index (χ3v) is 3.35. The number of nitrogens with zero attached hydrogens (tertiary/aromatic N) is 2. The number of ether oxygens (including phenoxy) is 1. The first-order chi connectivity index (χ1) is 8.00. The second-order valence-electron chi connectivity index (χ2n) is 3.62. The number of thioether (sulfide) groups is 1. The maximum Gasteiger partial charge on any atom is 0.507 e. The SMILES string of the molecule is CC1(OC(=O)O)CSC(c2ncccc2O)=N1. The van der Waals surface area contributed by atoms with E-state index in [1.807, 2.05) is 0 Å². The maximum absolute atomic E-state index is 10.5. The van der Waals surface area contributed by atoms with Gasteiger partial charge in [-0.3, -0.25) is 4.98 Å². The van der Waals surface area contributed by atoms with Crippen LogP contribution < -0.4 is 0 Å². The maximum atomic E-state index is 10.5. The topological polar surface area (TPSA) is 92.0 Å². The summed E-state index contributed by atoms with van der Waals surface area (Å²) in [7, 11) is 0. The van der Waals surface area contributed by atoms with Crippen LogP contribution in [0.25, 0.3) is 0 Å². The van der Waals surface area contributed by atoms with Gasteiger partial charge in [-0.1, -0.05) is 11.8 Å². The molecule has 1 aromatic rings. The summed E-state index contributed by atoms with van der Waals surface area (Å²) in [6, 6.07) is 3.10. The van der Waals surface area contributed by atoms with Gasteiger partial charge < -0.3 is 14.9 Å². The molecule has 0 amide bonds. The summed E-state index contributed by atoms with van der Waals surface area (Å²) in [6.45, 7) is 1.57. The van der Waals surface area contributed by atoms with Crippen LogP contribution in [0, 0.1) is 0 Å². The first-order valence-corrected chi connectivity index (χ1v) is 5.78. The lowest BCUT2D eigenvalue weighted by atomic mass is 10.3. The molecule has 1 aromatic heterocycles. The predicted molar refractivity (Wildman–Crippen MR) is 62.4 cm³/mol. The smallest absolute Gasteiger partial charge is 0.506 e. The number of pyridine rings is 1. The van der Waals surface area contributed by atoms with Crippen molar-refractivity contribution in [3.8, 4) is 5.75 Å². The normalized spacial score (nSPS) is 23.2. The van der Waals surface area contributed by atoms with Crippen LogP contribution in [0.2, 0.25) is 0 Å². The summed E-state index contributed by atoms with van der Waals surface area (Å²) < 4.78 is 4.69. The zero-order valence-electron chi connectivity index (χ0n) is 8.95. The van der Waals surface area contributed by atoms with Crippen LogP contribution in [-0.2, 0) is 4.74 Å². The first kappa shape index (κ1) is 11.7. The summed E-state index contributed by atoms with van der Waals surface area (Å²) in [5, 5.41) is 18.7. The van der Waals surface area contributed by atoms with E-state index in [1.165, 1.54) is 24.0 Å². The van der Waals surface area contributed by atoms with Gasteiger partial charge in [-0.25, -0.2) is 9.79 Å². The Hall–Kier alpha value is -1.76. The first-order valence-electron chi connectivity index (χ1n) is 4.79. The molecule has 0 saturated carbocycles. The third kappa shape index (κ3) is 2.50. The van der Waals surface area contributed by atoms with Crippen LogP contribution in [0.15, 0.2) is 23.3 Å². The van der Waals surface area contributed by atoms with Crippen LogP contribution in [0.3, 0.4) is 0 Å². The van der Waals surface area contributed by atoms with Crippen molar-refractivity contribution < 1.29 is 19.7 Å². The third-order valence-electron chi connectivity index (χ3n) is 2.11. The quantitative estimate of drug-likeness (QED) is 0.780. The monoisotopic (exact) mass is 254 g/mol. The van der Waals surface area contributed by atoms with Crippen molar-refractivity contribution in [2.45, 2.75) is 12.6 Å². The fourth-order valence-corrected chi connectivity index (χ4v) is 2.48. The summed E-state index contributed by atoms with van der Waals surface area (Å²) in [5.41, 5.74) is -0.772. The average Bonchev–Trinajstić information content (AvgIpc) is 2.60.